The van der Waals surface area contributed by atoms with Crippen LogP contribution in [0.1, 0.15) is 49.6 Å². The summed E-state index contributed by atoms with van der Waals surface area (Å²) in [5.41, 5.74) is 1.51. The summed E-state index contributed by atoms with van der Waals surface area (Å²) < 4.78 is 15.3. The summed E-state index contributed by atoms with van der Waals surface area (Å²) in [4.78, 5) is 38.8. The predicted molar refractivity (Wildman–Crippen MR) is 87.2 cm³/mol. The Balaban J connectivity index is 2.10. The first-order valence-corrected chi connectivity index (χ1v) is 7.96. The Bertz CT molecular complexity index is 789. The number of aryl methyl sites for hydroxylation is 1. The minimum absolute atomic E-state index is 0.00981. The van der Waals surface area contributed by atoms with Crippen molar-refractivity contribution in [1.82, 2.24) is 4.98 Å². The molecule has 0 bridgehead atoms. The standard InChI is InChI=1S/C16H16BrNO6/c1-4-22-16(21)14-8(2)13(9(3)18-14)10(19)7-23-15(20)11-5-6-12(17)24-11/h5-6,18H,4,7H2,1-3H3. The first kappa shape index (κ1) is 18.0. The number of halogens is 1. The molecule has 0 fully saturated rings. The van der Waals surface area contributed by atoms with Crippen LogP contribution >= 0.6 is 15.9 Å². The van der Waals surface area contributed by atoms with Crippen LogP contribution in [0.3, 0.4) is 0 Å². The molecule has 0 radical (unpaired) electrons. The molecule has 0 atom stereocenters. The molecule has 0 saturated carbocycles. The van der Waals surface area contributed by atoms with Crippen LogP contribution in [0.4, 0.5) is 0 Å². The number of rotatable bonds is 6. The third-order valence-electron chi connectivity index (χ3n) is 3.30. The molecule has 2 aromatic rings. The van der Waals surface area contributed by atoms with Crippen molar-refractivity contribution in [2.75, 3.05) is 13.2 Å². The molecule has 24 heavy (non-hydrogen) atoms. The third kappa shape index (κ3) is 3.76. The quantitative estimate of drug-likeness (QED) is 0.593. The lowest BCUT2D eigenvalue weighted by Gasteiger charge is -2.04. The highest BCUT2D eigenvalue weighted by molar-refractivity contribution is 9.10. The number of carbonyl (C=O) groups is 3. The Morgan fingerprint density at radius 1 is 1.17 bits per heavy atom. The van der Waals surface area contributed by atoms with E-state index in [1.807, 2.05) is 0 Å². The highest BCUT2D eigenvalue weighted by Crippen LogP contribution is 2.20. The first-order valence-electron chi connectivity index (χ1n) is 7.17. The largest absolute Gasteiger partial charge is 0.461 e. The van der Waals surface area contributed by atoms with Crippen molar-refractivity contribution in [3.8, 4) is 0 Å². The molecule has 8 heteroatoms. The Kier molecular flexibility index (Phi) is 5.61. The molecular formula is C16H16BrNO6. The van der Waals surface area contributed by atoms with Crippen LogP contribution in [-0.4, -0.2) is 35.9 Å². The van der Waals surface area contributed by atoms with Gasteiger partial charge in [-0.1, -0.05) is 0 Å². The molecule has 0 aliphatic heterocycles. The van der Waals surface area contributed by atoms with Gasteiger partial charge in [0.2, 0.25) is 11.5 Å². The fourth-order valence-corrected chi connectivity index (χ4v) is 2.58. The van der Waals surface area contributed by atoms with Gasteiger partial charge in [-0.25, -0.2) is 9.59 Å². The highest BCUT2D eigenvalue weighted by atomic mass is 79.9. The molecular weight excluding hydrogens is 382 g/mol. The van der Waals surface area contributed by atoms with Crippen molar-refractivity contribution in [2.45, 2.75) is 20.8 Å². The van der Waals surface area contributed by atoms with Crippen molar-refractivity contribution in [1.29, 1.82) is 0 Å². The number of ketones is 1. The van der Waals surface area contributed by atoms with Gasteiger partial charge < -0.3 is 18.9 Å². The van der Waals surface area contributed by atoms with Crippen LogP contribution < -0.4 is 0 Å². The lowest BCUT2D eigenvalue weighted by molar-refractivity contribution is 0.0441. The second kappa shape index (κ2) is 7.48. The summed E-state index contributed by atoms with van der Waals surface area (Å²) in [7, 11) is 0. The van der Waals surface area contributed by atoms with Crippen LogP contribution in [0.5, 0.6) is 0 Å². The lowest BCUT2D eigenvalue weighted by atomic mass is 10.1. The van der Waals surface area contributed by atoms with Crippen molar-refractivity contribution < 1.29 is 28.3 Å². The van der Waals surface area contributed by atoms with Gasteiger partial charge in [-0.2, -0.15) is 0 Å². The molecule has 0 unspecified atom stereocenters. The monoisotopic (exact) mass is 397 g/mol. The zero-order valence-electron chi connectivity index (χ0n) is 13.4. The SMILES string of the molecule is CCOC(=O)c1[nH]c(C)c(C(=O)COC(=O)c2ccc(Br)o2)c1C. The molecule has 0 amide bonds. The number of hydrogen-bond acceptors (Lipinski definition) is 6. The number of Topliss-reactive ketones (excluding diaryl/α,β-unsaturated/α-hetero) is 1. The van der Waals surface area contributed by atoms with E-state index in [0.29, 0.717) is 21.5 Å². The van der Waals surface area contributed by atoms with E-state index in [9.17, 15) is 14.4 Å². The van der Waals surface area contributed by atoms with E-state index in [2.05, 4.69) is 20.9 Å². The van der Waals surface area contributed by atoms with Gasteiger partial charge in [0.15, 0.2) is 11.3 Å². The molecule has 0 aromatic carbocycles. The number of H-pyrrole nitrogens is 1. The second-order valence-electron chi connectivity index (χ2n) is 4.95. The predicted octanol–water partition coefficient (Wildman–Crippen LogP) is 3.20. The van der Waals surface area contributed by atoms with Crippen molar-refractivity contribution in [3.05, 3.63) is 45.1 Å². The van der Waals surface area contributed by atoms with Crippen LogP contribution in [-0.2, 0) is 9.47 Å². The fraction of sp³-hybridized carbons (Fsp3) is 0.312. The maximum Gasteiger partial charge on any atom is 0.374 e. The van der Waals surface area contributed by atoms with Crippen LogP contribution in [0, 0.1) is 13.8 Å². The number of aromatic nitrogens is 1. The average Bonchev–Trinajstić information content (AvgIpc) is 3.08. The van der Waals surface area contributed by atoms with E-state index >= 15 is 0 Å². The zero-order chi connectivity index (χ0) is 17.9. The van der Waals surface area contributed by atoms with E-state index in [1.165, 1.54) is 6.07 Å². The van der Waals surface area contributed by atoms with Gasteiger partial charge >= 0.3 is 11.9 Å². The lowest BCUT2D eigenvalue weighted by Crippen LogP contribution is -2.15. The Labute approximate surface area is 146 Å². The van der Waals surface area contributed by atoms with Gasteiger partial charge in [-0.15, -0.1) is 0 Å². The van der Waals surface area contributed by atoms with Gasteiger partial charge in [-0.05, 0) is 54.4 Å². The summed E-state index contributed by atoms with van der Waals surface area (Å²) >= 11 is 3.08. The molecule has 2 heterocycles. The Hall–Kier alpha value is -2.35. The summed E-state index contributed by atoms with van der Waals surface area (Å²) in [5, 5.41) is 0. The summed E-state index contributed by atoms with van der Waals surface area (Å²) in [6.45, 7) is 4.76. The van der Waals surface area contributed by atoms with Crippen molar-refractivity contribution >= 4 is 33.7 Å². The molecule has 0 spiro atoms. The molecule has 0 saturated heterocycles. The number of hydrogen-bond donors (Lipinski definition) is 1. The number of esters is 2. The zero-order valence-corrected chi connectivity index (χ0v) is 15.0. The van der Waals surface area contributed by atoms with Gasteiger partial charge in [0, 0.05) is 11.3 Å². The smallest absolute Gasteiger partial charge is 0.374 e. The van der Waals surface area contributed by atoms with Gasteiger partial charge in [0.05, 0.1) is 6.61 Å². The molecule has 7 nitrogen and oxygen atoms in total. The van der Waals surface area contributed by atoms with Crippen molar-refractivity contribution in [2.24, 2.45) is 0 Å². The Morgan fingerprint density at radius 2 is 1.88 bits per heavy atom. The Morgan fingerprint density at radius 3 is 2.46 bits per heavy atom. The maximum absolute atomic E-state index is 12.3. The van der Waals surface area contributed by atoms with E-state index in [-0.39, 0.29) is 18.1 Å². The number of furan rings is 1. The van der Waals surface area contributed by atoms with E-state index in [4.69, 9.17) is 13.9 Å². The molecule has 0 aliphatic rings. The number of ether oxygens (including phenoxy) is 2. The van der Waals surface area contributed by atoms with Gasteiger partial charge in [-0.3, -0.25) is 4.79 Å². The van der Waals surface area contributed by atoms with E-state index in [1.54, 1.807) is 26.8 Å². The van der Waals surface area contributed by atoms with Crippen LogP contribution in [0.15, 0.2) is 21.2 Å². The molecule has 1 N–H and O–H groups in total. The molecule has 2 rings (SSSR count). The number of aromatic amines is 1. The molecule has 2 aromatic heterocycles. The fourth-order valence-electron chi connectivity index (χ4n) is 2.27. The minimum atomic E-state index is -0.745. The van der Waals surface area contributed by atoms with Gasteiger partial charge in [0.25, 0.3) is 0 Å². The van der Waals surface area contributed by atoms with Crippen LogP contribution in [0.2, 0.25) is 0 Å². The molecule has 128 valence electrons. The third-order valence-corrected chi connectivity index (χ3v) is 3.73. The van der Waals surface area contributed by atoms with E-state index in [0.717, 1.165) is 0 Å². The molecule has 0 aliphatic carbocycles. The maximum atomic E-state index is 12.3. The number of carbonyl (C=O) groups excluding carboxylic acids is 3. The summed E-state index contributed by atoms with van der Waals surface area (Å²) in [6.07, 6.45) is 0. The summed E-state index contributed by atoms with van der Waals surface area (Å²) in [6, 6.07) is 2.98. The average molecular weight is 398 g/mol. The van der Waals surface area contributed by atoms with E-state index < -0.39 is 24.3 Å². The summed E-state index contributed by atoms with van der Waals surface area (Å²) in [5.74, 6) is -1.71. The normalized spacial score (nSPS) is 10.5. The number of nitrogens with one attached hydrogen (secondary N) is 1. The van der Waals surface area contributed by atoms with Crippen molar-refractivity contribution in [3.63, 3.8) is 0 Å². The topological polar surface area (TPSA) is 98.6 Å². The second-order valence-corrected chi connectivity index (χ2v) is 5.73. The van der Waals surface area contributed by atoms with Crippen LogP contribution in [0.25, 0.3) is 0 Å². The minimum Gasteiger partial charge on any atom is -0.461 e. The highest BCUT2D eigenvalue weighted by Gasteiger charge is 2.24. The van der Waals surface area contributed by atoms with Gasteiger partial charge in [0.1, 0.15) is 5.69 Å². The first-order chi connectivity index (χ1) is 11.3.